The fourth-order valence-corrected chi connectivity index (χ4v) is 8.03. The third-order valence-electron chi connectivity index (χ3n) is 11.2. The fourth-order valence-electron chi connectivity index (χ4n) is 8.03. The van der Waals surface area contributed by atoms with Gasteiger partial charge in [0, 0.05) is 89.9 Å². The molecular weight excluding hydrogens is 768 g/mol. The molecule has 0 radical (unpaired) electrons. The number of aliphatic carboxylic acids is 2. The molecule has 4 aromatic carbocycles. The first kappa shape index (κ1) is 45.0. The van der Waals surface area contributed by atoms with Crippen LogP contribution in [-0.4, -0.2) is 132 Å². The van der Waals surface area contributed by atoms with Crippen molar-refractivity contribution >= 4 is 47.5 Å². The summed E-state index contributed by atoms with van der Waals surface area (Å²) in [6.07, 6.45) is 4.29. The van der Waals surface area contributed by atoms with Gasteiger partial charge in [-0.3, -0.25) is 29.2 Å². The molecule has 4 aliphatic heterocycles. The van der Waals surface area contributed by atoms with E-state index < -0.39 is 11.9 Å². The van der Waals surface area contributed by atoms with Gasteiger partial charge in [0.25, 0.3) is 0 Å². The van der Waals surface area contributed by atoms with Gasteiger partial charge in [-0.1, -0.05) is 97.1 Å². The summed E-state index contributed by atoms with van der Waals surface area (Å²) in [5, 5.41) is 14.8. The molecule has 8 rings (SSSR count). The van der Waals surface area contributed by atoms with Crippen LogP contribution in [0.25, 0.3) is 0 Å². The van der Waals surface area contributed by atoms with E-state index in [2.05, 4.69) is 117 Å². The predicted molar refractivity (Wildman–Crippen MR) is 233 cm³/mol. The van der Waals surface area contributed by atoms with E-state index >= 15 is 0 Å². The van der Waals surface area contributed by atoms with Crippen LogP contribution in [0, 0.1) is 0 Å². The SMILES string of the molecule is Cl.O=C(CN1CCN(Cc2ccccc2)CC1)N1CCCc2ccccc21.O=C(CN1CCN(Cc2ccccc2)CC1)N1CCCc2ccccc21.O=C(O)C(=O)O. The van der Waals surface area contributed by atoms with Crippen LogP contribution in [0.4, 0.5) is 11.4 Å². The Balaban J connectivity index is 0.000000194. The fraction of sp³-hybridized carbons (Fsp3) is 0.391. The van der Waals surface area contributed by atoms with Gasteiger partial charge in [0.05, 0.1) is 13.1 Å². The molecule has 4 heterocycles. The number of carbonyl (C=O) groups excluding carboxylic acids is 2. The second-order valence-electron chi connectivity index (χ2n) is 15.2. The zero-order valence-electron chi connectivity index (χ0n) is 33.7. The molecular formula is C46H57ClN6O6. The van der Waals surface area contributed by atoms with Crippen LogP contribution >= 0.6 is 12.4 Å². The van der Waals surface area contributed by atoms with E-state index in [1.165, 1.54) is 22.3 Å². The summed E-state index contributed by atoms with van der Waals surface area (Å²) >= 11 is 0. The van der Waals surface area contributed by atoms with Gasteiger partial charge < -0.3 is 20.0 Å². The molecule has 2 N–H and O–H groups in total. The highest BCUT2D eigenvalue weighted by atomic mass is 35.5. The smallest absolute Gasteiger partial charge is 0.414 e. The minimum Gasteiger partial charge on any atom is -0.473 e. The van der Waals surface area contributed by atoms with Crippen molar-refractivity contribution in [3.8, 4) is 0 Å². The molecule has 59 heavy (non-hydrogen) atoms. The van der Waals surface area contributed by atoms with E-state index in [-0.39, 0.29) is 24.2 Å². The highest BCUT2D eigenvalue weighted by Crippen LogP contribution is 2.28. The van der Waals surface area contributed by atoms with Crippen molar-refractivity contribution in [1.29, 1.82) is 0 Å². The first-order chi connectivity index (χ1) is 28.2. The lowest BCUT2D eigenvalue weighted by molar-refractivity contribution is -0.159. The number of nitrogens with zero attached hydrogens (tertiary/aromatic N) is 6. The largest absolute Gasteiger partial charge is 0.473 e. The molecule has 314 valence electrons. The van der Waals surface area contributed by atoms with Gasteiger partial charge in [0.15, 0.2) is 0 Å². The van der Waals surface area contributed by atoms with E-state index in [9.17, 15) is 9.59 Å². The van der Waals surface area contributed by atoms with E-state index in [0.717, 1.165) is 116 Å². The average molecular weight is 825 g/mol. The van der Waals surface area contributed by atoms with Crippen molar-refractivity contribution in [2.24, 2.45) is 0 Å². The van der Waals surface area contributed by atoms with Crippen LogP contribution in [0.1, 0.15) is 35.1 Å². The summed E-state index contributed by atoms with van der Waals surface area (Å²) in [6.45, 7) is 12.7. The molecule has 0 aliphatic carbocycles. The van der Waals surface area contributed by atoms with Crippen molar-refractivity contribution in [3.63, 3.8) is 0 Å². The van der Waals surface area contributed by atoms with E-state index in [1.807, 2.05) is 21.9 Å². The zero-order valence-corrected chi connectivity index (χ0v) is 34.6. The summed E-state index contributed by atoms with van der Waals surface area (Å²) in [5.74, 6) is -3.16. The van der Waals surface area contributed by atoms with Gasteiger partial charge in [-0.2, -0.15) is 0 Å². The molecule has 0 bridgehead atoms. The second kappa shape index (κ2) is 22.9. The molecule has 0 saturated carbocycles. The molecule has 2 fully saturated rings. The topological polar surface area (TPSA) is 128 Å². The predicted octanol–water partition coefficient (Wildman–Crippen LogP) is 5.14. The Labute approximate surface area is 354 Å². The molecule has 2 saturated heterocycles. The maximum Gasteiger partial charge on any atom is 0.414 e. The van der Waals surface area contributed by atoms with Crippen LogP contribution in [0.5, 0.6) is 0 Å². The summed E-state index contributed by atoms with van der Waals surface area (Å²) in [7, 11) is 0. The number of carboxylic acids is 2. The number of para-hydroxylation sites is 2. The lowest BCUT2D eigenvalue weighted by Crippen LogP contribution is -2.50. The zero-order chi connectivity index (χ0) is 40.7. The van der Waals surface area contributed by atoms with E-state index in [1.54, 1.807) is 0 Å². The van der Waals surface area contributed by atoms with Gasteiger partial charge in [0.1, 0.15) is 0 Å². The Morgan fingerprint density at radius 1 is 0.424 bits per heavy atom. The van der Waals surface area contributed by atoms with Gasteiger partial charge in [-0.15, -0.1) is 12.4 Å². The molecule has 0 aromatic heterocycles. The number of hydrogen-bond donors (Lipinski definition) is 2. The number of fused-ring (bicyclic) bond motifs is 2. The number of halogens is 1. The molecule has 0 unspecified atom stereocenters. The molecule has 4 aromatic rings. The second-order valence-corrected chi connectivity index (χ2v) is 15.2. The first-order valence-electron chi connectivity index (χ1n) is 20.4. The summed E-state index contributed by atoms with van der Waals surface area (Å²) < 4.78 is 0. The quantitative estimate of drug-likeness (QED) is 0.231. The number of carbonyl (C=O) groups is 4. The minimum absolute atomic E-state index is 0. The number of anilines is 2. The van der Waals surface area contributed by atoms with Crippen LogP contribution in [0.3, 0.4) is 0 Å². The maximum absolute atomic E-state index is 12.9. The molecule has 4 aliphatic rings. The third kappa shape index (κ3) is 13.5. The Morgan fingerprint density at radius 2 is 0.746 bits per heavy atom. The molecule has 13 heteroatoms. The Bertz CT molecular complexity index is 1810. The normalized spacial score (nSPS) is 17.1. The number of amides is 2. The maximum atomic E-state index is 12.9. The standard InChI is InChI=1S/2C22H27N3O.C2H2O4.ClH/c2*26-22(25-12-6-10-20-9-4-5-11-21(20)25)18-24-15-13-23(14-16-24)17-19-7-2-1-3-8-19;3-1(4)2(5)6;/h2*1-5,7-9,11H,6,10,12-18H2;(H,3,4)(H,5,6);1H. The van der Waals surface area contributed by atoms with Crippen molar-refractivity contribution in [2.45, 2.75) is 38.8 Å². The van der Waals surface area contributed by atoms with Gasteiger partial charge in [-0.05, 0) is 60.1 Å². The molecule has 0 atom stereocenters. The highest BCUT2D eigenvalue weighted by Gasteiger charge is 2.27. The monoisotopic (exact) mass is 824 g/mol. The van der Waals surface area contributed by atoms with Crippen LogP contribution in [-0.2, 0) is 45.1 Å². The summed E-state index contributed by atoms with van der Waals surface area (Å²) in [4.78, 5) is 57.5. The minimum atomic E-state index is -1.82. The Morgan fingerprint density at radius 3 is 1.10 bits per heavy atom. The van der Waals surface area contributed by atoms with E-state index in [0.29, 0.717) is 13.1 Å². The van der Waals surface area contributed by atoms with Crippen molar-refractivity contribution in [1.82, 2.24) is 19.6 Å². The number of carboxylic acid groups (broad SMARTS) is 2. The number of hydrogen-bond acceptors (Lipinski definition) is 8. The lowest BCUT2D eigenvalue weighted by atomic mass is 10.0. The van der Waals surface area contributed by atoms with E-state index in [4.69, 9.17) is 19.8 Å². The van der Waals surface area contributed by atoms with Gasteiger partial charge in [-0.25, -0.2) is 9.59 Å². The van der Waals surface area contributed by atoms with Crippen molar-refractivity contribution in [3.05, 3.63) is 131 Å². The summed E-state index contributed by atoms with van der Waals surface area (Å²) in [6, 6.07) is 37.9. The van der Waals surface area contributed by atoms with Crippen LogP contribution in [0.2, 0.25) is 0 Å². The average Bonchev–Trinajstić information content (AvgIpc) is 3.26. The van der Waals surface area contributed by atoms with Crippen LogP contribution in [0.15, 0.2) is 109 Å². The number of rotatable bonds is 8. The van der Waals surface area contributed by atoms with Crippen LogP contribution < -0.4 is 9.80 Å². The molecule has 2 amide bonds. The van der Waals surface area contributed by atoms with Gasteiger partial charge >= 0.3 is 11.9 Å². The molecule has 0 spiro atoms. The number of benzene rings is 4. The van der Waals surface area contributed by atoms with Gasteiger partial charge in [0.2, 0.25) is 11.8 Å². The van der Waals surface area contributed by atoms with Crippen molar-refractivity contribution < 1.29 is 29.4 Å². The Hall–Kier alpha value is -5.11. The third-order valence-corrected chi connectivity index (χ3v) is 11.2. The lowest BCUT2D eigenvalue weighted by Gasteiger charge is -2.36. The molecule has 12 nitrogen and oxygen atoms in total. The van der Waals surface area contributed by atoms with Crippen molar-refractivity contribution in [2.75, 3.05) is 88.3 Å². The highest BCUT2D eigenvalue weighted by molar-refractivity contribution is 6.27. The number of aryl methyl sites for hydroxylation is 2. The number of piperazine rings is 2. The first-order valence-corrected chi connectivity index (χ1v) is 20.4. The summed E-state index contributed by atoms with van der Waals surface area (Å²) in [5.41, 5.74) is 7.57. The Kier molecular flexibility index (Phi) is 17.4.